The van der Waals surface area contributed by atoms with E-state index in [1.807, 2.05) is 37.4 Å². The molecule has 0 N–H and O–H groups in total. The fraction of sp³-hybridized carbons (Fsp3) is 0.0833. The molecule has 0 radical (unpaired) electrons. The minimum absolute atomic E-state index is 0.778. The molecule has 0 fully saturated rings. The van der Waals surface area contributed by atoms with Crippen molar-refractivity contribution in [2.45, 2.75) is 6.92 Å². The van der Waals surface area contributed by atoms with Crippen LogP contribution in [0.1, 0.15) is 5.82 Å². The second kappa shape index (κ2) is 2.98. The Balaban J connectivity index is 2.57. The van der Waals surface area contributed by atoms with Gasteiger partial charge in [-0.25, -0.2) is 9.97 Å². The van der Waals surface area contributed by atoms with Crippen LogP contribution < -0.4 is 0 Å². The van der Waals surface area contributed by atoms with E-state index in [4.69, 9.17) is 0 Å². The summed E-state index contributed by atoms with van der Waals surface area (Å²) in [5.41, 5.74) is 1.88. The smallest absolute Gasteiger partial charge is 0.125 e. The first-order valence-electron chi connectivity index (χ1n) is 4.82. The number of pyridine rings is 1. The number of aromatic nitrogens is 3. The van der Waals surface area contributed by atoms with E-state index in [9.17, 15) is 0 Å². The van der Waals surface area contributed by atoms with E-state index in [1.54, 1.807) is 6.20 Å². The lowest BCUT2D eigenvalue weighted by atomic mass is 10.1. The molecular formula is C12H9N3. The van der Waals surface area contributed by atoms with Crippen LogP contribution >= 0.6 is 0 Å². The predicted molar refractivity (Wildman–Crippen MR) is 59.6 cm³/mol. The summed E-state index contributed by atoms with van der Waals surface area (Å²) >= 11 is 0. The van der Waals surface area contributed by atoms with Crippen molar-refractivity contribution in [2.24, 2.45) is 0 Å². The van der Waals surface area contributed by atoms with Gasteiger partial charge in [0.25, 0.3) is 0 Å². The Bertz CT molecular complexity index is 646. The van der Waals surface area contributed by atoms with Crippen molar-refractivity contribution in [3.05, 3.63) is 42.5 Å². The van der Waals surface area contributed by atoms with Gasteiger partial charge in [-0.2, -0.15) is 0 Å². The van der Waals surface area contributed by atoms with Crippen LogP contribution in [0.25, 0.3) is 21.8 Å². The van der Waals surface area contributed by atoms with E-state index in [0.717, 1.165) is 27.6 Å². The number of rotatable bonds is 0. The van der Waals surface area contributed by atoms with E-state index in [1.165, 1.54) is 0 Å². The number of hydrogen-bond acceptors (Lipinski definition) is 3. The Labute approximate surface area is 86.8 Å². The van der Waals surface area contributed by atoms with Crippen molar-refractivity contribution in [1.82, 2.24) is 15.0 Å². The molecule has 0 atom stereocenters. The van der Waals surface area contributed by atoms with E-state index < -0.39 is 0 Å². The highest BCUT2D eigenvalue weighted by Gasteiger charge is 2.02. The maximum Gasteiger partial charge on any atom is 0.125 e. The quantitative estimate of drug-likeness (QED) is 0.517. The first kappa shape index (κ1) is 8.29. The van der Waals surface area contributed by atoms with Gasteiger partial charge in [-0.15, -0.1) is 0 Å². The molecule has 3 heteroatoms. The highest BCUT2D eigenvalue weighted by Crippen LogP contribution is 2.20. The van der Waals surface area contributed by atoms with Gasteiger partial charge in [-0.3, -0.25) is 4.98 Å². The molecule has 15 heavy (non-hydrogen) atoms. The van der Waals surface area contributed by atoms with Gasteiger partial charge in [-0.1, -0.05) is 18.2 Å². The van der Waals surface area contributed by atoms with Gasteiger partial charge in [0, 0.05) is 23.2 Å². The van der Waals surface area contributed by atoms with E-state index >= 15 is 0 Å². The summed E-state index contributed by atoms with van der Waals surface area (Å²) < 4.78 is 0. The number of nitrogens with zero attached hydrogens (tertiary/aromatic N) is 3. The number of hydrogen-bond donors (Lipinski definition) is 0. The molecule has 72 valence electrons. The highest BCUT2D eigenvalue weighted by atomic mass is 14.9. The van der Waals surface area contributed by atoms with Crippen molar-refractivity contribution >= 4 is 21.8 Å². The molecule has 2 heterocycles. The predicted octanol–water partition coefficient (Wildman–Crippen LogP) is 2.49. The molecule has 0 saturated heterocycles. The second-order valence-electron chi connectivity index (χ2n) is 3.50. The molecule has 0 bridgehead atoms. The average molecular weight is 195 g/mol. The maximum atomic E-state index is 4.43. The van der Waals surface area contributed by atoms with E-state index in [0.29, 0.717) is 0 Å². The summed E-state index contributed by atoms with van der Waals surface area (Å²) in [5.74, 6) is 0.778. The zero-order valence-corrected chi connectivity index (χ0v) is 8.31. The van der Waals surface area contributed by atoms with Crippen LogP contribution in [0.5, 0.6) is 0 Å². The average Bonchev–Trinajstić information content (AvgIpc) is 2.29. The zero-order chi connectivity index (χ0) is 10.3. The molecule has 3 nitrogen and oxygen atoms in total. The largest absolute Gasteiger partial charge is 0.254 e. The third kappa shape index (κ3) is 1.24. The summed E-state index contributed by atoms with van der Waals surface area (Å²) in [6, 6.07) is 8.05. The molecular weight excluding hydrogens is 186 g/mol. The Morgan fingerprint density at radius 3 is 2.73 bits per heavy atom. The monoisotopic (exact) mass is 195 g/mol. The molecule has 3 aromatic rings. The lowest BCUT2D eigenvalue weighted by Gasteiger charge is -2.01. The standard InChI is InChI=1S/C12H9N3/c1-8-14-7-10-5-4-9-3-2-6-13-11(9)12(10)15-8/h2-7H,1H3. The summed E-state index contributed by atoms with van der Waals surface area (Å²) in [6.07, 6.45) is 3.63. The van der Waals surface area contributed by atoms with Crippen LogP contribution in [0, 0.1) is 6.92 Å². The number of fused-ring (bicyclic) bond motifs is 3. The van der Waals surface area contributed by atoms with Crippen molar-refractivity contribution in [2.75, 3.05) is 0 Å². The Morgan fingerprint density at radius 2 is 1.80 bits per heavy atom. The molecule has 0 aliphatic heterocycles. The third-order valence-electron chi connectivity index (χ3n) is 2.44. The van der Waals surface area contributed by atoms with E-state index in [2.05, 4.69) is 15.0 Å². The third-order valence-corrected chi connectivity index (χ3v) is 2.44. The van der Waals surface area contributed by atoms with Gasteiger partial charge in [0.2, 0.25) is 0 Å². The van der Waals surface area contributed by atoms with Crippen molar-refractivity contribution in [1.29, 1.82) is 0 Å². The summed E-state index contributed by atoms with van der Waals surface area (Å²) in [5, 5.41) is 2.15. The van der Waals surface area contributed by atoms with Crippen LogP contribution in [0.3, 0.4) is 0 Å². The Hall–Kier alpha value is -2.03. The minimum Gasteiger partial charge on any atom is -0.254 e. The summed E-state index contributed by atoms with van der Waals surface area (Å²) in [7, 11) is 0. The number of aryl methyl sites for hydroxylation is 1. The lowest BCUT2D eigenvalue weighted by Crippen LogP contribution is -1.90. The van der Waals surface area contributed by atoms with Crippen molar-refractivity contribution in [3.8, 4) is 0 Å². The number of benzene rings is 1. The first-order chi connectivity index (χ1) is 7.34. The van der Waals surface area contributed by atoms with Crippen LogP contribution in [-0.2, 0) is 0 Å². The van der Waals surface area contributed by atoms with Gasteiger partial charge < -0.3 is 0 Å². The molecule has 0 aliphatic carbocycles. The molecule has 2 aromatic heterocycles. The minimum atomic E-state index is 0.778. The van der Waals surface area contributed by atoms with E-state index in [-0.39, 0.29) is 0 Å². The fourth-order valence-electron chi connectivity index (χ4n) is 1.72. The van der Waals surface area contributed by atoms with Crippen LogP contribution in [-0.4, -0.2) is 15.0 Å². The van der Waals surface area contributed by atoms with Gasteiger partial charge in [0.15, 0.2) is 0 Å². The zero-order valence-electron chi connectivity index (χ0n) is 8.31. The van der Waals surface area contributed by atoms with Crippen molar-refractivity contribution in [3.63, 3.8) is 0 Å². The lowest BCUT2D eigenvalue weighted by molar-refractivity contribution is 1.09. The molecule has 0 unspecified atom stereocenters. The Morgan fingerprint density at radius 1 is 0.933 bits per heavy atom. The van der Waals surface area contributed by atoms with Crippen LogP contribution in [0.2, 0.25) is 0 Å². The van der Waals surface area contributed by atoms with Crippen molar-refractivity contribution < 1.29 is 0 Å². The van der Waals surface area contributed by atoms with Gasteiger partial charge in [0.1, 0.15) is 11.3 Å². The topological polar surface area (TPSA) is 38.7 Å². The summed E-state index contributed by atoms with van der Waals surface area (Å²) in [6.45, 7) is 1.89. The SMILES string of the molecule is Cc1ncc2ccc3cccnc3c2n1. The molecule has 0 amide bonds. The molecule has 3 rings (SSSR count). The molecule has 0 spiro atoms. The second-order valence-corrected chi connectivity index (χ2v) is 3.50. The van der Waals surface area contributed by atoms with Crippen LogP contribution in [0.4, 0.5) is 0 Å². The van der Waals surface area contributed by atoms with Gasteiger partial charge in [-0.05, 0) is 13.0 Å². The Kier molecular flexibility index (Phi) is 1.65. The van der Waals surface area contributed by atoms with Gasteiger partial charge in [0.05, 0.1) is 5.52 Å². The molecule has 1 aromatic carbocycles. The highest BCUT2D eigenvalue weighted by molar-refractivity contribution is 6.02. The molecule has 0 aliphatic rings. The molecule has 0 saturated carbocycles. The normalized spacial score (nSPS) is 11.0. The first-order valence-corrected chi connectivity index (χ1v) is 4.82. The summed E-state index contributed by atoms with van der Waals surface area (Å²) in [4.78, 5) is 13.0. The maximum absolute atomic E-state index is 4.43. The van der Waals surface area contributed by atoms with Crippen LogP contribution in [0.15, 0.2) is 36.7 Å². The van der Waals surface area contributed by atoms with Gasteiger partial charge >= 0.3 is 0 Å². The fourth-order valence-corrected chi connectivity index (χ4v) is 1.72.